The number of thiazole rings is 1. The summed E-state index contributed by atoms with van der Waals surface area (Å²) in [5.41, 5.74) is 4.66. The van der Waals surface area contributed by atoms with Gasteiger partial charge in [-0.15, -0.1) is 21.5 Å². The monoisotopic (exact) mass is 479 g/mol. The first-order chi connectivity index (χ1) is 15.5. The van der Waals surface area contributed by atoms with Gasteiger partial charge in [-0.2, -0.15) is 0 Å². The molecule has 2 aromatic carbocycles. The maximum Gasteiger partial charge on any atom is 0.258 e. The molecule has 32 heavy (non-hydrogen) atoms. The van der Waals surface area contributed by atoms with E-state index in [9.17, 15) is 4.79 Å². The van der Waals surface area contributed by atoms with Crippen LogP contribution in [0.25, 0.3) is 22.0 Å². The van der Waals surface area contributed by atoms with Crippen LogP contribution in [0.15, 0.2) is 70.1 Å². The van der Waals surface area contributed by atoms with E-state index >= 15 is 0 Å². The fraction of sp³-hybridized carbons (Fsp3) is 0.130. The van der Waals surface area contributed by atoms with Gasteiger partial charge in [-0.1, -0.05) is 47.6 Å². The lowest BCUT2D eigenvalue weighted by Crippen LogP contribution is -2.12. The van der Waals surface area contributed by atoms with E-state index < -0.39 is 0 Å². The van der Waals surface area contributed by atoms with Crippen molar-refractivity contribution < 1.29 is 0 Å². The number of aryl methyl sites for hydroxylation is 2. The van der Waals surface area contributed by atoms with Crippen LogP contribution in [0.3, 0.4) is 0 Å². The van der Waals surface area contributed by atoms with Crippen molar-refractivity contribution in [1.29, 1.82) is 0 Å². The average Bonchev–Trinajstić information content (AvgIpc) is 3.42. The third-order valence-corrected chi connectivity index (χ3v) is 7.11. The Bertz CT molecular complexity index is 1500. The number of rotatable bonds is 5. The number of thioether (sulfide) groups is 1. The predicted molar refractivity (Wildman–Crippen MR) is 130 cm³/mol. The summed E-state index contributed by atoms with van der Waals surface area (Å²) in [7, 11) is 0. The summed E-state index contributed by atoms with van der Waals surface area (Å²) in [5.74, 6) is 1.17. The summed E-state index contributed by atoms with van der Waals surface area (Å²) in [6, 6.07) is 15.5. The molecule has 0 radical (unpaired) electrons. The second-order valence-corrected chi connectivity index (χ2v) is 9.56. The number of halogens is 1. The van der Waals surface area contributed by atoms with Crippen molar-refractivity contribution in [2.75, 3.05) is 0 Å². The Hall–Kier alpha value is -2.94. The van der Waals surface area contributed by atoms with Crippen LogP contribution >= 0.6 is 34.7 Å². The summed E-state index contributed by atoms with van der Waals surface area (Å²) in [5, 5.41) is 12.1. The van der Waals surface area contributed by atoms with Gasteiger partial charge in [0.05, 0.1) is 16.4 Å². The Morgan fingerprint density at radius 1 is 1.09 bits per heavy atom. The van der Waals surface area contributed by atoms with Gasteiger partial charge in [0, 0.05) is 29.0 Å². The zero-order valence-corrected chi connectivity index (χ0v) is 19.7. The maximum atomic E-state index is 12.3. The first kappa shape index (κ1) is 20.9. The minimum absolute atomic E-state index is 0.0837. The largest absolute Gasteiger partial charge is 0.270 e. The summed E-state index contributed by atoms with van der Waals surface area (Å²) in [6.45, 7) is 4.12. The Morgan fingerprint density at radius 2 is 1.94 bits per heavy atom. The molecule has 0 spiro atoms. The molecule has 9 heteroatoms. The first-order valence-corrected chi connectivity index (χ1v) is 12.1. The van der Waals surface area contributed by atoms with Crippen molar-refractivity contribution in [1.82, 2.24) is 24.1 Å². The normalized spacial score (nSPS) is 11.3. The molecule has 5 rings (SSSR count). The number of hydrogen-bond acceptors (Lipinski definition) is 6. The Kier molecular flexibility index (Phi) is 5.58. The van der Waals surface area contributed by atoms with Crippen LogP contribution in [0.2, 0.25) is 5.02 Å². The van der Waals surface area contributed by atoms with Crippen molar-refractivity contribution in [2.45, 2.75) is 24.8 Å². The van der Waals surface area contributed by atoms with Crippen LogP contribution in [0.5, 0.6) is 0 Å². The smallest absolute Gasteiger partial charge is 0.258 e. The number of aromatic nitrogens is 5. The topological polar surface area (TPSA) is 65.1 Å². The van der Waals surface area contributed by atoms with Crippen LogP contribution in [0.1, 0.15) is 16.8 Å². The third kappa shape index (κ3) is 3.85. The van der Waals surface area contributed by atoms with E-state index in [1.54, 1.807) is 16.7 Å². The van der Waals surface area contributed by atoms with Gasteiger partial charge in [0.1, 0.15) is 0 Å². The minimum atomic E-state index is -0.0837. The van der Waals surface area contributed by atoms with E-state index in [2.05, 4.69) is 47.2 Å². The quantitative estimate of drug-likeness (QED) is 0.308. The Balaban J connectivity index is 1.59. The van der Waals surface area contributed by atoms with Crippen molar-refractivity contribution in [2.24, 2.45) is 0 Å². The second-order valence-electron chi connectivity index (χ2n) is 7.34. The highest BCUT2D eigenvalue weighted by Gasteiger charge is 2.20. The molecule has 5 aromatic rings. The van der Waals surface area contributed by atoms with Crippen molar-refractivity contribution in [3.8, 4) is 17.1 Å². The molecule has 160 valence electrons. The fourth-order valence-corrected chi connectivity index (χ4v) is 5.25. The summed E-state index contributed by atoms with van der Waals surface area (Å²) >= 11 is 9.43. The lowest BCUT2D eigenvalue weighted by molar-refractivity contribution is 0.878. The predicted octanol–water partition coefficient (Wildman–Crippen LogP) is 5.57. The molecule has 0 aliphatic rings. The minimum Gasteiger partial charge on any atom is -0.270 e. The molecule has 3 heterocycles. The van der Waals surface area contributed by atoms with Gasteiger partial charge in [-0.3, -0.25) is 13.8 Å². The zero-order chi connectivity index (χ0) is 22.2. The highest BCUT2D eigenvalue weighted by molar-refractivity contribution is 7.98. The molecule has 0 amide bonds. The summed E-state index contributed by atoms with van der Waals surface area (Å²) < 4.78 is 3.58. The van der Waals surface area contributed by atoms with E-state index in [1.807, 2.05) is 34.2 Å². The van der Waals surface area contributed by atoms with E-state index in [1.165, 1.54) is 23.1 Å². The Morgan fingerprint density at radius 3 is 2.78 bits per heavy atom. The highest BCUT2D eigenvalue weighted by Crippen LogP contribution is 2.34. The number of nitrogens with zero attached hydrogens (tertiary/aromatic N) is 5. The number of fused-ring (bicyclic) bond motifs is 1. The first-order valence-electron chi connectivity index (χ1n) is 9.88. The lowest BCUT2D eigenvalue weighted by atomic mass is 10.1. The molecular formula is C23H18ClN5OS2. The van der Waals surface area contributed by atoms with Crippen LogP contribution in [-0.2, 0) is 5.75 Å². The van der Waals surface area contributed by atoms with Gasteiger partial charge in [0.25, 0.3) is 5.56 Å². The lowest BCUT2D eigenvalue weighted by Gasteiger charge is -2.14. The molecule has 0 saturated heterocycles. The fourth-order valence-electron chi connectivity index (χ4n) is 3.46. The molecule has 0 atom stereocenters. The molecule has 0 unspecified atom stereocenters. The molecule has 0 fully saturated rings. The molecule has 0 bridgehead atoms. The summed E-state index contributed by atoms with van der Waals surface area (Å²) in [4.78, 5) is 17.6. The molecule has 0 aliphatic carbocycles. The second kappa shape index (κ2) is 8.54. The van der Waals surface area contributed by atoms with E-state index in [0.29, 0.717) is 32.4 Å². The van der Waals surface area contributed by atoms with Crippen LogP contribution in [-0.4, -0.2) is 24.1 Å². The van der Waals surface area contributed by atoms with Crippen LogP contribution < -0.4 is 5.56 Å². The molecule has 0 saturated carbocycles. The SMILES string of the molecule is Cc1ccc(C)c(-n2c(SCc3cc(=O)n4ccsc4n3)nnc2-c2ccccc2Cl)c1. The van der Waals surface area contributed by atoms with Gasteiger partial charge in [0.15, 0.2) is 15.9 Å². The molecular weight excluding hydrogens is 462 g/mol. The molecule has 0 aliphatic heterocycles. The van der Waals surface area contributed by atoms with E-state index in [4.69, 9.17) is 11.6 Å². The van der Waals surface area contributed by atoms with Crippen LogP contribution in [0.4, 0.5) is 0 Å². The molecule has 6 nitrogen and oxygen atoms in total. The molecule has 3 aromatic heterocycles. The summed E-state index contributed by atoms with van der Waals surface area (Å²) in [6.07, 6.45) is 1.74. The number of benzene rings is 2. The Labute approximate surface area is 197 Å². The van der Waals surface area contributed by atoms with Gasteiger partial charge >= 0.3 is 0 Å². The standard InChI is InChI=1S/C23H18ClN5OS2/c1-14-7-8-15(2)19(11-14)29-21(17-5-3-4-6-18(17)24)26-27-23(29)32-13-16-12-20(30)28-9-10-31-22(28)25-16/h3-12H,13H2,1-2H3. The molecule has 0 N–H and O–H groups in total. The average molecular weight is 480 g/mol. The number of hydrogen-bond donors (Lipinski definition) is 0. The van der Waals surface area contributed by atoms with E-state index in [0.717, 1.165) is 22.4 Å². The van der Waals surface area contributed by atoms with Gasteiger partial charge in [0.2, 0.25) is 0 Å². The third-order valence-electron chi connectivity index (χ3n) is 5.06. The van der Waals surface area contributed by atoms with Gasteiger partial charge < -0.3 is 0 Å². The zero-order valence-electron chi connectivity index (χ0n) is 17.3. The van der Waals surface area contributed by atoms with Crippen molar-refractivity contribution in [3.63, 3.8) is 0 Å². The van der Waals surface area contributed by atoms with Crippen LogP contribution in [0, 0.1) is 13.8 Å². The van der Waals surface area contributed by atoms with Gasteiger partial charge in [-0.25, -0.2) is 4.98 Å². The highest BCUT2D eigenvalue weighted by atomic mass is 35.5. The maximum absolute atomic E-state index is 12.3. The van der Waals surface area contributed by atoms with Crippen molar-refractivity contribution >= 4 is 39.7 Å². The van der Waals surface area contributed by atoms with Gasteiger partial charge in [-0.05, 0) is 43.2 Å². The van der Waals surface area contributed by atoms with Crippen molar-refractivity contribution in [3.05, 3.63) is 92.3 Å². The van der Waals surface area contributed by atoms with E-state index in [-0.39, 0.29) is 5.56 Å².